The Kier molecular flexibility index (Phi) is 9.03. The number of carbonyl (C=O) groups excluding carboxylic acids is 1. The van der Waals surface area contributed by atoms with E-state index < -0.39 is 0 Å². The zero-order valence-electron chi connectivity index (χ0n) is 24.6. The molecule has 0 N–H and O–H groups in total. The average molecular weight is 604 g/mol. The van der Waals surface area contributed by atoms with E-state index in [-0.39, 0.29) is 24.1 Å². The first-order valence-electron chi connectivity index (χ1n) is 14.7. The molecule has 0 atom stereocenters. The third-order valence-electron chi connectivity index (χ3n) is 8.06. The highest BCUT2D eigenvalue weighted by molar-refractivity contribution is 5.77. The summed E-state index contributed by atoms with van der Waals surface area (Å²) in [7, 11) is 1.73. The van der Waals surface area contributed by atoms with Crippen molar-refractivity contribution in [1.82, 2.24) is 34.5 Å². The molecule has 2 aliphatic heterocycles. The van der Waals surface area contributed by atoms with Crippen LogP contribution < -0.4 is 9.80 Å². The van der Waals surface area contributed by atoms with Crippen molar-refractivity contribution in [2.24, 2.45) is 0 Å². The van der Waals surface area contributed by atoms with E-state index in [9.17, 15) is 13.6 Å². The van der Waals surface area contributed by atoms with Crippen molar-refractivity contribution in [2.45, 2.75) is 6.54 Å². The number of hydrogen-bond acceptors (Lipinski definition) is 9. The lowest BCUT2D eigenvalue weighted by molar-refractivity contribution is -0.132. The molecule has 0 bridgehead atoms. The second-order valence-electron chi connectivity index (χ2n) is 10.9. The molecule has 2 aromatic heterocycles. The van der Waals surface area contributed by atoms with E-state index in [1.807, 2.05) is 11.0 Å². The van der Waals surface area contributed by atoms with Gasteiger partial charge < -0.3 is 19.4 Å². The van der Waals surface area contributed by atoms with Gasteiger partial charge in [0.15, 0.2) is 11.6 Å². The van der Waals surface area contributed by atoms with Gasteiger partial charge in [0.25, 0.3) is 0 Å². The van der Waals surface area contributed by atoms with E-state index in [1.165, 1.54) is 28.9 Å². The molecule has 0 spiro atoms. The summed E-state index contributed by atoms with van der Waals surface area (Å²) >= 11 is 0. The number of nitrogens with zero attached hydrogens (tertiary/aromatic N) is 9. The molecule has 2 fully saturated rings. The van der Waals surface area contributed by atoms with Gasteiger partial charge >= 0.3 is 0 Å². The summed E-state index contributed by atoms with van der Waals surface area (Å²) in [4.78, 5) is 35.8. The van der Waals surface area contributed by atoms with E-state index in [2.05, 4.69) is 34.8 Å². The average Bonchev–Trinajstić information content (AvgIpc) is 3.48. The summed E-state index contributed by atoms with van der Waals surface area (Å²) in [6, 6.07) is 13.8. The van der Waals surface area contributed by atoms with Gasteiger partial charge in [0.2, 0.25) is 5.91 Å². The molecule has 0 aliphatic carbocycles. The van der Waals surface area contributed by atoms with Gasteiger partial charge in [0.1, 0.15) is 36.1 Å². The fourth-order valence-corrected chi connectivity index (χ4v) is 5.50. The molecule has 0 saturated carbocycles. The molecule has 6 rings (SSSR count). The summed E-state index contributed by atoms with van der Waals surface area (Å²) in [6.45, 7) is 7.68. The maximum Gasteiger partial charge on any atom is 0.244 e. The highest BCUT2D eigenvalue weighted by atomic mass is 19.1. The first-order chi connectivity index (χ1) is 21.5. The number of hydrogen-bond donors (Lipinski definition) is 0. The minimum atomic E-state index is -0.371. The highest BCUT2D eigenvalue weighted by Gasteiger charge is 2.25. The Morgan fingerprint density at radius 1 is 0.795 bits per heavy atom. The molecule has 4 heterocycles. The van der Waals surface area contributed by atoms with Crippen LogP contribution in [0.5, 0.6) is 0 Å². The third-order valence-corrected chi connectivity index (χ3v) is 8.06. The first kappa shape index (κ1) is 29.6. The van der Waals surface area contributed by atoms with Crippen LogP contribution in [0.4, 0.5) is 20.4 Å². The molecule has 11 nitrogen and oxygen atoms in total. The number of halogens is 2. The maximum absolute atomic E-state index is 13.6. The van der Waals surface area contributed by atoms with Gasteiger partial charge in [0, 0.05) is 83.2 Å². The quantitative estimate of drug-likeness (QED) is 0.286. The minimum Gasteiger partial charge on any atom is -0.383 e. The van der Waals surface area contributed by atoms with Crippen molar-refractivity contribution < 1.29 is 18.3 Å². The number of carbonyl (C=O) groups is 1. The second-order valence-corrected chi connectivity index (χ2v) is 10.9. The summed E-state index contributed by atoms with van der Waals surface area (Å²) in [5.74, 6) is 1.72. The zero-order chi connectivity index (χ0) is 30.5. The molecule has 2 aromatic carbocycles. The van der Waals surface area contributed by atoms with Gasteiger partial charge in [-0.3, -0.25) is 9.69 Å². The number of methoxy groups -OCH3 is 1. The largest absolute Gasteiger partial charge is 0.383 e. The lowest BCUT2D eigenvalue weighted by atomic mass is 10.2. The van der Waals surface area contributed by atoms with Gasteiger partial charge in [0.05, 0.1) is 6.61 Å². The lowest BCUT2D eigenvalue weighted by Gasteiger charge is -2.37. The zero-order valence-corrected chi connectivity index (χ0v) is 24.6. The molecular formula is C31H35F2N9O2. The first-order valence-corrected chi connectivity index (χ1v) is 14.7. The molecule has 2 aliphatic rings. The number of benzene rings is 2. The second kappa shape index (κ2) is 13.4. The normalized spacial score (nSPS) is 16.0. The van der Waals surface area contributed by atoms with Gasteiger partial charge in [-0.05, 0) is 48.5 Å². The van der Waals surface area contributed by atoms with Crippen LogP contribution in [-0.2, 0) is 16.1 Å². The van der Waals surface area contributed by atoms with Crippen molar-refractivity contribution >= 4 is 17.5 Å². The fraction of sp³-hybridized carbons (Fsp3) is 0.387. The van der Waals surface area contributed by atoms with Crippen molar-refractivity contribution in [3.63, 3.8) is 0 Å². The molecule has 13 heteroatoms. The van der Waals surface area contributed by atoms with Crippen molar-refractivity contribution in [3.8, 4) is 22.8 Å². The van der Waals surface area contributed by atoms with Crippen LogP contribution in [-0.4, -0.2) is 113 Å². The number of aromatic nitrogens is 5. The van der Waals surface area contributed by atoms with Crippen molar-refractivity contribution in [3.05, 3.63) is 72.6 Å². The molecule has 2 saturated heterocycles. The van der Waals surface area contributed by atoms with Crippen LogP contribution in [0.3, 0.4) is 0 Å². The molecule has 1 amide bonds. The minimum absolute atomic E-state index is 0.0328. The predicted molar refractivity (Wildman–Crippen MR) is 162 cm³/mol. The third kappa shape index (κ3) is 6.84. The van der Waals surface area contributed by atoms with Crippen LogP contribution in [0.1, 0.15) is 0 Å². The Morgan fingerprint density at radius 2 is 1.36 bits per heavy atom. The Balaban J connectivity index is 1.10. The number of amides is 1. The Labute approximate surface area is 254 Å². The van der Waals surface area contributed by atoms with Crippen LogP contribution in [0.2, 0.25) is 0 Å². The van der Waals surface area contributed by atoms with Crippen LogP contribution in [0.15, 0.2) is 60.9 Å². The Morgan fingerprint density at radius 3 is 1.95 bits per heavy atom. The summed E-state index contributed by atoms with van der Waals surface area (Å²) in [6.07, 6.45) is 1.61. The van der Waals surface area contributed by atoms with Gasteiger partial charge in [-0.1, -0.05) is 0 Å². The van der Waals surface area contributed by atoms with E-state index in [0.29, 0.717) is 49.0 Å². The number of piperazine rings is 2. The monoisotopic (exact) mass is 603 g/mol. The van der Waals surface area contributed by atoms with Crippen LogP contribution in [0.25, 0.3) is 22.8 Å². The Bertz CT molecular complexity index is 1550. The van der Waals surface area contributed by atoms with E-state index in [0.717, 1.165) is 51.0 Å². The highest BCUT2D eigenvalue weighted by Crippen LogP contribution is 2.24. The van der Waals surface area contributed by atoms with Gasteiger partial charge in [-0.15, -0.1) is 5.10 Å². The number of anilines is 2. The Hall–Kier alpha value is -4.49. The van der Waals surface area contributed by atoms with Crippen LogP contribution in [0, 0.1) is 11.6 Å². The number of ether oxygens (including phenoxy) is 1. The molecular weight excluding hydrogens is 568 g/mol. The standard InChI is InChI=1S/C31H35F2N9O2/c1-44-19-18-38-10-12-39(13-11-38)27-20-28(35-22-34-27)40-14-16-41(17-15-40)29(43)21-42-31(24-4-8-26(33)9-5-24)36-30(37-42)23-2-6-25(32)7-3-23/h2-9,20,22H,10-19,21H2,1H3. The topological polar surface area (TPSA) is 95.8 Å². The SMILES string of the molecule is COCCN1CCN(c2cc(N3CCN(C(=O)Cn4nc(-c5ccc(F)cc5)nc4-c4ccc(F)cc4)CC3)ncn2)CC1. The van der Waals surface area contributed by atoms with Crippen LogP contribution >= 0.6 is 0 Å². The summed E-state index contributed by atoms with van der Waals surface area (Å²) < 4.78 is 33.9. The molecule has 0 radical (unpaired) electrons. The molecule has 44 heavy (non-hydrogen) atoms. The van der Waals surface area contributed by atoms with Crippen molar-refractivity contribution in [1.29, 1.82) is 0 Å². The maximum atomic E-state index is 13.6. The fourth-order valence-electron chi connectivity index (χ4n) is 5.50. The van der Waals surface area contributed by atoms with Gasteiger partial charge in [-0.2, -0.15) is 0 Å². The molecule has 230 valence electrons. The smallest absolute Gasteiger partial charge is 0.244 e. The number of rotatable bonds is 9. The summed E-state index contributed by atoms with van der Waals surface area (Å²) in [5.41, 5.74) is 1.24. The lowest BCUT2D eigenvalue weighted by Crippen LogP contribution is -2.50. The molecule has 0 unspecified atom stereocenters. The predicted octanol–water partition coefficient (Wildman–Crippen LogP) is 2.80. The van der Waals surface area contributed by atoms with E-state index >= 15 is 0 Å². The van der Waals surface area contributed by atoms with Gasteiger partial charge in [-0.25, -0.2) is 28.4 Å². The van der Waals surface area contributed by atoms with E-state index in [4.69, 9.17) is 4.74 Å². The summed E-state index contributed by atoms with van der Waals surface area (Å²) in [5, 5.41) is 4.58. The van der Waals surface area contributed by atoms with E-state index in [1.54, 1.807) is 37.7 Å². The van der Waals surface area contributed by atoms with Crippen molar-refractivity contribution in [2.75, 3.05) is 82.4 Å². The molecule has 4 aromatic rings.